The van der Waals surface area contributed by atoms with E-state index in [1.165, 1.54) is 32.1 Å². The Kier molecular flexibility index (Phi) is 5.15. The first kappa shape index (κ1) is 13.2. The molecule has 0 bridgehead atoms. The van der Waals surface area contributed by atoms with Gasteiger partial charge in [-0.3, -0.25) is 4.79 Å². The quantitative estimate of drug-likeness (QED) is 0.547. The van der Waals surface area contributed by atoms with E-state index in [1.54, 1.807) is 0 Å². The lowest BCUT2D eigenvalue weighted by Crippen LogP contribution is -2.47. The van der Waals surface area contributed by atoms with Crippen LogP contribution in [0.1, 0.15) is 57.8 Å². The van der Waals surface area contributed by atoms with Crippen molar-refractivity contribution in [2.75, 3.05) is 12.4 Å². The molecule has 1 atom stereocenters. The van der Waals surface area contributed by atoms with E-state index in [-0.39, 0.29) is 0 Å². The number of nitrogens with zero attached hydrogens (tertiary/aromatic N) is 1. The first-order chi connectivity index (χ1) is 8.33. The molecule has 1 heterocycles. The Hall–Kier alpha value is -0.240. The molecule has 3 heteroatoms. The lowest BCUT2D eigenvalue weighted by Gasteiger charge is -2.36. The van der Waals surface area contributed by atoms with E-state index in [9.17, 15) is 4.79 Å². The Bertz CT molecular complexity index is 249. The van der Waals surface area contributed by atoms with E-state index < -0.39 is 0 Å². The molecule has 1 amide bonds. The third-order valence-electron chi connectivity index (χ3n) is 4.29. The van der Waals surface area contributed by atoms with Crippen molar-refractivity contribution in [1.82, 2.24) is 4.90 Å². The van der Waals surface area contributed by atoms with Crippen molar-refractivity contribution < 1.29 is 4.79 Å². The van der Waals surface area contributed by atoms with Gasteiger partial charge in [0.2, 0.25) is 5.91 Å². The number of alkyl halides is 1. The lowest BCUT2D eigenvalue weighted by molar-refractivity contribution is -0.139. The van der Waals surface area contributed by atoms with Gasteiger partial charge in [-0.25, -0.2) is 0 Å². The molecular weight excluding hydrogens is 234 g/mol. The van der Waals surface area contributed by atoms with Crippen LogP contribution in [0.25, 0.3) is 0 Å². The Morgan fingerprint density at radius 1 is 1.00 bits per heavy atom. The third-order valence-corrected chi connectivity index (χ3v) is 4.65. The van der Waals surface area contributed by atoms with Crippen molar-refractivity contribution in [3.8, 4) is 0 Å². The van der Waals surface area contributed by atoms with Crippen molar-refractivity contribution in [3.05, 3.63) is 0 Å². The van der Waals surface area contributed by atoms with Crippen molar-refractivity contribution in [1.29, 1.82) is 0 Å². The Balaban J connectivity index is 1.96. The number of likely N-dealkylation sites (tertiary alicyclic amines) is 1. The minimum Gasteiger partial charge on any atom is -0.338 e. The highest BCUT2D eigenvalue weighted by atomic mass is 35.5. The van der Waals surface area contributed by atoms with Crippen LogP contribution in [-0.2, 0) is 4.79 Å². The average molecular weight is 258 g/mol. The van der Waals surface area contributed by atoms with Gasteiger partial charge in [0, 0.05) is 24.4 Å². The topological polar surface area (TPSA) is 20.3 Å². The molecule has 2 aliphatic rings. The first-order valence-electron chi connectivity index (χ1n) is 7.19. The molecule has 2 rings (SSSR count). The highest BCUT2D eigenvalue weighted by molar-refractivity contribution is 6.18. The lowest BCUT2D eigenvalue weighted by atomic mass is 9.95. The second-order valence-electron chi connectivity index (χ2n) is 5.52. The number of carbonyl (C=O) groups is 1. The molecule has 1 unspecified atom stereocenters. The molecule has 2 fully saturated rings. The standard InChI is InChI=1S/C14H24ClNO/c15-11-13-9-5-6-10-16(13)14(17)12-7-3-1-2-4-8-12/h12-13H,1-11H2. The summed E-state index contributed by atoms with van der Waals surface area (Å²) >= 11 is 6.00. The zero-order valence-electron chi connectivity index (χ0n) is 10.7. The van der Waals surface area contributed by atoms with Gasteiger partial charge in [-0.2, -0.15) is 0 Å². The van der Waals surface area contributed by atoms with E-state index in [0.29, 0.717) is 23.7 Å². The van der Waals surface area contributed by atoms with Crippen LogP contribution in [0.2, 0.25) is 0 Å². The van der Waals surface area contributed by atoms with Gasteiger partial charge in [0.05, 0.1) is 0 Å². The van der Waals surface area contributed by atoms with Gasteiger partial charge < -0.3 is 4.90 Å². The van der Waals surface area contributed by atoms with Crippen LogP contribution in [0, 0.1) is 5.92 Å². The van der Waals surface area contributed by atoms with Crippen molar-refractivity contribution in [2.24, 2.45) is 5.92 Å². The molecule has 1 aliphatic heterocycles. The molecule has 0 spiro atoms. The third kappa shape index (κ3) is 3.37. The summed E-state index contributed by atoms with van der Waals surface area (Å²) in [5, 5.41) is 0. The molecule has 1 saturated carbocycles. The fraction of sp³-hybridized carbons (Fsp3) is 0.929. The molecule has 0 aromatic rings. The zero-order valence-corrected chi connectivity index (χ0v) is 11.4. The van der Waals surface area contributed by atoms with E-state index in [1.807, 2.05) is 0 Å². The Morgan fingerprint density at radius 2 is 1.65 bits per heavy atom. The highest BCUT2D eigenvalue weighted by Gasteiger charge is 2.31. The van der Waals surface area contributed by atoms with Crippen molar-refractivity contribution in [3.63, 3.8) is 0 Å². The minimum absolute atomic E-state index is 0.293. The Labute approximate surface area is 110 Å². The van der Waals surface area contributed by atoms with Crippen LogP contribution in [0.4, 0.5) is 0 Å². The predicted octanol–water partition coefficient (Wildman–Crippen LogP) is 3.58. The molecule has 0 aromatic heterocycles. The molecule has 2 nitrogen and oxygen atoms in total. The summed E-state index contributed by atoms with van der Waals surface area (Å²) < 4.78 is 0. The second kappa shape index (κ2) is 6.63. The molecule has 17 heavy (non-hydrogen) atoms. The summed E-state index contributed by atoms with van der Waals surface area (Å²) in [6, 6.07) is 0.307. The summed E-state index contributed by atoms with van der Waals surface area (Å²) in [4.78, 5) is 14.6. The number of halogens is 1. The maximum absolute atomic E-state index is 12.5. The number of hydrogen-bond acceptors (Lipinski definition) is 1. The minimum atomic E-state index is 0.293. The molecule has 0 radical (unpaired) electrons. The van der Waals surface area contributed by atoms with Gasteiger partial charge in [-0.05, 0) is 32.1 Å². The van der Waals surface area contributed by atoms with Gasteiger partial charge in [0.1, 0.15) is 0 Å². The van der Waals surface area contributed by atoms with Crippen molar-refractivity contribution in [2.45, 2.75) is 63.8 Å². The van der Waals surface area contributed by atoms with E-state index in [2.05, 4.69) is 4.90 Å². The number of piperidine rings is 1. The molecule has 1 aliphatic carbocycles. The SMILES string of the molecule is O=C(C1CCCCCC1)N1CCCCC1CCl. The summed E-state index contributed by atoms with van der Waals surface area (Å²) in [6.45, 7) is 0.937. The average Bonchev–Trinajstić information content (AvgIpc) is 2.66. The van der Waals surface area contributed by atoms with E-state index >= 15 is 0 Å². The van der Waals surface area contributed by atoms with Crippen LogP contribution in [0.15, 0.2) is 0 Å². The fourth-order valence-electron chi connectivity index (χ4n) is 3.21. The van der Waals surface area contributed by atoms with Crippen LogP contribution >= 0.6 is 11.6 Å². The summed E-state index contributed by atoms with van der Waals surface area (Å²) in [6.07, 6.45) is 10.8. The largest absolute Gasteiger partial charge is 0.338 e. The highest BCUT2D eigenvalue weighted by Crippen LogP contribution is 2.27. The summed E-state index contributed by atoms with van der Waals surface area (Å²) in [7, 11) is 0. The molecule has 0 N–H and O–H groups in total. The van der Waals surface area contributed by atoms with Crippen LogP contribution in [-0.4, -0.2) is 29.3 Å². The molecule has 1 saturated heterocycles. The number of carbonyl (C=O) groups excluding carboxylic acids is 1. The van der Waals surface area contributed by atoms with Crippen LogP contribution in [0.3, 0.4) is 0 Å². The molecular formula is C14H24ClNO. The fourth-order valence-corrected chi connectivity index (χ4v) is 3.53. The van der Waals surface area contributed by atoms with Crippen LogP contribution < -0.4 is 0 Å². The van der Waals surface area contributed by atoms with Crippen molar-refractivity contribution >= 4 is 17.5 Å². The Morgan fingerprint density at radius 3 is 2.29 bits per heavy atom. The predicted molar refractivity (Wildman–Crippen MR) is 71.3 cm³/mol. The summed E-state index contributed by atoms with van der Waals surface area (Å²) in [5.74, 6) is 1.30. The zero-order chi connectivity index (χ0) is 12.1. The van der Waals surface area contributed by atoms with Gasteiger partial charge in [0.25, 0.3) is 0 Å². The summed E-state index contributed by atoms with van der Waals surface area (Å²) in [5.41, 5.74) is 0. The number of rotatable bonds is 2. The van der Waals surface area contributed by atoms with E-state index in [4.69, 9.17) is 11.6 Å². The number of amides is 1. The normalized spacial score (nSPS) is 27.8. The van der Waals surface area contributed by atoms with Gasteiger partial charge in [-0.15, -0.1) is 11.6 Å². The van der Waals surface area contributed by atoms with Gasteiger partial charge in [-0.1, -0.05) is 25.7 Å². The number of hydrogen-bond donors (Lipinski definition) is 0. The maximum Gasteiger partial charge on any atom is 0.225 e. The molecule has 0 aromatic carbocycles. The monoisotopic (exact) mass is 257 g/mol. The molecule has 98 valence electrons. The van der Waals surface area contributed by atoms with Gasteiger partial charge >= 0.3 is 0 Å². The second-order valence-corrected chi connectivity index (χ2v) is 5.83. The maximum atomic E-state index is 12.5. The van der Waals surface area contributed by atoms with Gasteiger partial charge in [0.15, 0.2) is 0 Å². The van der Waals surface area contributed by atoms with E-state index in [0.717, 1.165) is 32.2 Å². The smallest absolute Gasteiger partial charge is 0.225 e. The first-order valence-corrected chi connectivity index (χ1v) is 7.73. The van der Waals surface area contributed by atoms with Crippen LogP contribution in [0.5, 0.6) is 0 Å².